The van der Waals surface area contributed by atoms with Crippen LogP contribution in [-0.4, -0.2) is 54.4 Å². The number of aromatic nitrogens is 1. The maximum absolute atomic E-state index is 9.93. The van der Waals surface area contributed by atoms with E-state index in [1.807, 2.05) is 12.1 Å². The van der Waals surface area contributed by atoms with Gasteiger partial charge in [-0.3, -0.25) is 0 Å². The third kappa shape index (κ3) is 4.78. The molecule has 1 aliphatic rings. The largest absolute Gasteiger partial charge is 0.481 e. The van der Waals surface area contributed by atoms with Gasteiger partial charge in [-0.05, 0) is 31.5 Å². The first-order chi connectivity index (χ1) is 9.28. The summed E-state index contributed by atoms with van der Waals surface area (Å²) in [5.41, 5.74) is 1.09. The van der Waals surface area contributed by atoms with E-state index in [0.717, 1.165) is 25.2 Å². The molecule has 1 atom stereocenters. The third-order valence-corrected chi connectivity index (χ3v) is 3.38. The lowest BCUT2D eigenvalue weighted by molar-refractivity contribution is 0.123. The molecular weight excluding hydrogens is 242 g/mol. The Morgan fingerprint density at radius 1 is 1.42 bits per heavy atom. The van der Waals surface area contributed by atoms with Crippen LogP contribution < -0.4 is 10.1 Å². The van der Waals surface area contributed by atoms with E-state index >= 15 is 0 Å². The van der Waals surface area contributed by atoms with Gasteiger partial charge >= 0.3 is 0 Å². The van der Waals surface area contributed by atoms with Crippen molar-refractivity contribution >= 4 is 0 Å². The number of aliphatic hydroxyl groups is 1. The van der Waals surface area contributed by atoms with Gasteiger partial charge in [0.15, 0.2) is 0 Å². The van der Waals surface area contributed by atoms with Crippen molar-refractivity contribution in [3.63, 3.8) is 0 Å². The third-order valence-electron chi connectivity index (χ3n) is 3.38. The summed E-state index contributed by atoms with van der Waals surface area (Å²) in [6, 6.07) is 3.82. The highest BCUT2D eigenvalue weighted by Gasteiger charge is 2.15. The maximum atomic E-state index is 9.93. The summed E-state index contributed by atoms with van der Waals surface area (Å²) >= 11 is 0. The molecule has 1 saturated heterocycles. The summed E-state index contributed by atoms with van der Waals surface area (Å²) in [4.78, 5) is 6.47. The van der Waals surface area contributed by atoms with Crippen LogP contribution in [0.5, 0.6) is 5.88 Å². The predicted molar refractivity (Wildman–Crippen MR) is 74.2 cm³/mol. The zero-order chi connectivity index (χ0) is 13.5. The normalized spacial score (nSPS) is 17.6. The monoisotopic (exact) mass is 265 g/mol. The van der Waals surface area contributed by atoms with Crippen molar-refractivity contribution in [2.45, 2.75) is 25.5 Å². The van der Waals surface area contributed by atoms with Crippen LogP contribution in [0.4, 0.5) is 0 Å². The molecule has 1 unspecified atom stereocenters. The molecule has 5 nitrogen and oxygen atoms in total. The van der Waals surface area contributed by atoms with Crippen molar-refractivity contribution in [1.82, 2.24) is 15.2 Å². The Balaban J connectivity index is 1.64. The van der Waals surface area contributed by atoms with E-state index in [1.54, 1.807) is 13.3 Å². The lowest BCUT2D eigenvalue weighted by Crippen LogP contribution is -2.36. The molecule has 1 aliphatic heterocycles. The number of pyridine rings is 1. The first-order valence-corrected chi connectivity index (χ1v) is 6.88. The summed E-state index contributed by atoms with van der Waals surface area (Å²) in [6.07, 6.45) is 4.01. The van der Waals surface area contributed by atoms with Gasteiger partial charge in [0.2, 0.25) is 5.88 Å². The second-order valence-electron chi connectivity index (χ2n) is 5.00. The summed E-state index contributed by atoms with van der Waals surface area (Å²) in [5, 5.41) is 13.2. The van der Waals surface area contributed by atoms with E-state index in [1.165, 1.54) is 12.8 Å². The fraction of sp³-hybridized carbons (Fsp3) is 0.643. The standard InChI is InChI=1S/C14H23N3O2/c1-19-14-5-4-12(9-16-14)8-15-10-13(18)11-17-6-2-3-7-17/h4-5,9,13,15,18H,2-3,6-8,10-11H2,1H3. The fourth-order valence-electron chi connectivity index (χ4n) is 2.35. The Labute approximate surface area is 114 Å². The van der Waals surface area contributed by atoms with Gasteiger partial charge in [0.25, 0.3) is 0 Å². The zero-order valence-corrected chi connectivity index (χ0v) is 11.5. The van der Waals surface area contributed by atoms with Gasteiger partial charge in [-0.25, -0.2) is 4.98 Å². The summed E-state index contributed by atoms with van der Waals surface area (Å²) < 4.78 is 5.01. The SMILES string of the molecule is COc1ccc(CNCC(O)CN2CCCC2)cn1. The number of hydrogen-bond acceptors (Lipinski definition) is 5. The number of aliphatic hydroxyl groups excluding tert-OH is 1. The quantitative estimate of drug-likeness (QED) is 0.757. The van der Waals surface area contributed by atoms with Crippen LogP contribution in [0.2, 0.25) is 0 Å². The molecule has 0 bridgehead atoms. The van der Waals surface area contributed by atoms with E-state index in [-0.39, 0.29) is 6.10 Å². The summed E-state index contributed by atoms with van der Waals surface area (Å²) in [6.45, 7) is 4.35. The average Bonchev–Trinajstić information content (AvgIpc) is 2.92. The van der Waals surface area contributed by atoms with E-state index in [0.29, 0.717) is 19.0 Å². The van der Waals surface area contributed by atoms with E-state index in [4.69, 9.17) is 4.74 Å². The van der Waals surface area contributed by atoms with Crippen LogP contribution in [0.1, 0.15) is 18.4 Å². The van der Waals surface area contributed by atoms with Crippen molar-refractivity contribution in [1.29, 1.82) is 0 Å². The highest BCUT2D eigenvalue weighted by Crippen LogP contribution is 2.08. The van der Waals surface area contributed by atoms with Crippen molar-refractivity contribution in [3.8, 4) is 5.88 Å². The van der Waals surface area contributed by atoms with Crippen molar-refractivity contribution in [2.75, 3.05) is 33.3 Å². The second-order valence-corrected chi connectivity index (χ2v) is 5.00. The number of likely N-dealkylation sites (tertiary alicyclic amines) is 1. The zero-order valence-electron chi connectivity index (χ0n) is 11.5. The molecule has 0 aliphatic carbocycles. The van der Waals surface area contributed by atoms with Gasteiger partial charge in [0.05, 0.1) is 13.2 Å². The molecule has 2 heterocycles. The van der Waals surface area contributed by atoms with E-state index < -0.39 is 0 Å². The second kappa shape index (κ2) is 7.43. The van der Waals surface area contributed by atoms with Gasteiger partial charge in [0, 0.05) is 31.9 Å². The van der Waals surface area contributed by atoms with Crippen LogP contribution in [0.15, 0.2) is 18.3 Å². The maximum Gasteiger partial charge on any atom is 0.212 e. The number of ether oxygens (including phenoxy) is 1. The predicted octanol–water partition coefficient (Wildman–Crippen LogP) is 0.636. The molecule has 0 aromatic carbocycles. The molecule has 2 N–H and O–H groups in total. The minimum atomic E-state index is -0.302. The molecular formula is C14H23N3O2. The molecule has 5 heteroatoms. The molecule has 19 heavy (non-hydrogen) atoms. The number of rotatable bonds is 7. The lowest BCUT2D eigenvalue weighted by atomic mass is 10.2. The van der Waals surface area contributed by atoms with Crippen LogP contribution in [0.25, 0.3) is 0 Å². The van der Waals surface area contributed by atoms with Gasteiger partial charge in [-0.2, -0.15) is 0 Å². The Hall–Kier alpha value is -1.17. The van der Waals surface area contributed by atoms with Crippen LogP contribution in [-0.2, 0) is 6.54 Å². The van der Waals surface area contributed by atoms with E-state index in [9.17, 15) is 5.11 Å². The van der Waals surface area contributed by atoms with Crippen molar-refractivity contribution in [3.05, 3.63) is 23.9 Å². The van der Waals surface area contributed by atoms with Gasteiger partial charge in [-0.15, -0.1) is 0 Å². The minimum Gasteiger partial charge on any atom is -0.481 e. The summed E-state index contributed by atoms with van der Waals surface area (Å²) in [7, 11) is 1.61. The number of hydrogen-bond donors (Lipinski definition) is 2. The highest BCUT2D eigenvalue weighted by atomic mass is 16.5. The molecule has 0 spiro atoms. The van der Waals surface area contributed by atoms with Crippen molar-refractivity contribution in [2.24, 2.45) is 0 Å². The minimum absolute atomic E-state index is 0.302. The first kappa shape index (κ1) is 14.2. The summed E-state index contributed by atoms with van der Waals surface area (Å²) in [5.74, 6) is 0.623. The van der Waals surface area contributed by atoms with Crippen molar-refractivity contribution < 1.29 is 9.84 Å². The Kier molecular flexibility index (Phi) is 5.57. The molecule has 1 aromatic rings. The van der Waals surface area contributed by atoms with Gasteiger partial charge in [-0.1, -0.05) is 6.07 Å². The fourth-order valence-corrected chi connectivity index (χ4v) is 2.35. The van der Waals surface area contributed by atoms with Crippen LogP contribution in [0, 0.1) is 0 Å². The Morgan fingerprint density at radius 2 is 2.21 bits per heavy atom. The molecule has 1 aromatic heterocycles. The smallest absolute Gasteiger partial charge is 0.212 e. The number of β-amino-alcohol motifs (C(OH)–C–C–N with tert-alkyl or cyclic N) is 1. The average molecular weight is 265 g/mol. The molecule has 0 amide bonds. The van der Waals surface area contributed by atoms with E-state index in [2.05, 4.69) is 15.2 Å². The first-order valence-electron chi connectivity index (χ1n) is 6.88. The molecule has 2 rings (SSSR count). The van der Waals surface area contributed by atoms with Crippen LogP contribution in [0.3, 0.4) is 0 Å². The van der Waals surface area contributed by atoms with Gasteiger partial charge < -0.3 is 20.1 Å². The van der Waals surface area contributed by atoms with Crippen LogP contribution >= 0.6 is 0 Å². The Bertz CT molecular complexity index is 363. The molecule has 0 saturated carbocycles. The topological polar surface area (TPSA) is 57.6 Å². The molecule has 0 radical (unpaired) electrons. The molecule has 1 fully saturated rings. The molecule has 106 valence electrons. The number of nitrogens with zero attached hydrogens (tertiary/aromatic N) is 2. The highest BCUT2D eigenvalue weighted by molar-refractivity contribution is 5.17. The number of methoxy groups -OCH3 is 1. The lowest BCUT2D eigenvalue weighted by Gasteiger charge is -2.19. The number of nitrogens with one attached hydrogen (secondary N) is 1. The Morgan fingerprint density at radius 3 is 2.84 bits per heavy atom. The van der Waals surface area contributed by atoms with Gasteiger partial charge in [0.1, 0.15) is 0 Å².